The van der Waals surface area contributed by atoms with Gasteiger partial charge in [0.2, 0.25) is 17.7 Å². The first-order valence-electron chi connectivity index (χ1n) is 11.9. The topological polar surface area (TPSA) is 157 Å². The molecule has 0 saturated heterocycles. The van der Waals surface area contributed by atoms with Gasteiger partial charge in [0.05, 0.1) is 19.4 Å². The van der Waals surface area contributed by atoms with Crippen LogP contribution in [-0.2, 0) is 28.7 Å². The van der Waals surface area contributed by atoms with E-state index in [0.29, 0.717) is 5.56 Å². The van der Waals surface area contributed by atoms with Crippen molar-refractivity contribution in [3.8, 4) is 0 Å². The van der Waals surface area contributed by atoms with Gasteiger partial charge in [0, 0.05) is 13.1 Å². The Labute approximate surface area is 212 Å². The molecule has 0 bridgehead atoms. The van der Waals surface area contributed by atoms with Crippen LogP contribution in [0.5, 0.6) is 0 Å². The minimum Gasteiger partial charge on any atom is -0.466 e. The molecule has 0 spiro atoms. The van der Waals surface area contributed by atoms with E-state index in [1.54, 1.807) is 52.8 Å². The number of ether oxygens (including phenoxy) is 2. The van der Waals surface area contributed by atoms with Crippen molar-refractivity contribution in [1.82, 2.24) is 15.5 Å². The third-order valence-corrected chi connectivity index (χ3v) is 4.87. The number of rotatable bonds is 12. The summed E-state index contributed by atoms with van der Waals surface area (Å²) >= 11 is 0. The summed E-state index contributed by atoms with van der Waals surface area (Å²) in [5.41, 5.74) is 5.88. The van der Waals surface area contributed by atoms with Gasteiger partial charge in [0.15, 0.2) is 0 Å². The SMILES string of the molecule is CCOC(=O)CCNC(=O)C(c1cccc(C)c1)N(CC)C(=O)C(CC(N)=O)NC(=O)OC(C)(C)C. The number of nitrogens with one attached hydrogen (secondary N) is 2. The summed E-state index contributed by atoms with van der Waals surface area (Å²) in [6.45, 7) is 10.5. The van der Waals surface area contributed by atoms with Crippen molar-refractivity contribution in [1.29, 1.82) is 0 Å². The predicted molar refractivity (Wildman–Crippen MR) is 133 cm³/mol. The van der Waals surface area contributed by atoms with Crippen molar-refractivity contribution in [2.45, 2.75) is 72.1 Å². The molecule has 0 aliphatic carbocycles. The maximum atomic E-state index is 13.6. The van der Waals surface area contributed by atoms with Crippen molar-refractivity contribution >= 4 is 29.8 Å². The zero-order chi connectivity index (χ0) is 27.5. The van der Waals surface area contributed by atoms with Crippen LogP contribution < -0.4 is 16.4 Å². The molecule has 1 aromatic rings. The average molecular weight is 507 g/mol. The van der Waals surface area contributed by atoms with Crippen LogP contribution in [0.15, 0.2) is 24.3 Å². The van der Waals surface area contributed by atoms with E-state index in [1.165, 1.54) is 4.90 Å². The number of amides is 4. The van der Waals surface area contributed by atoms with E-state index >= 15 is 0 Å². The Kier molecular flexibility index (Phi) is 11.9. The first-order valence-corrected chi connectivity index (χ1v) is 11.9. The molecule has 0 heterocycles. The van der Waals surface area contributed by atoms with E-state index in [1.807, 2.05) is 13.0 Å². The van der Waals surface area contributed by atoms with E-state index in [-0.39, 0.29) is 26.1 Å². The van der Waals surface area contributed by atoms with Crippen LogP contribution in [0.4, 0.5) is 4.79 Å². The molecule has 36 heavy (non-hydrogen) atoms. The van der Waals surface area contributed by atoms with Crippen LogP contribution in [0.1, 0.15) is 64.6 Å². The number of hydrogen-bond donors (Lipinski definition) is 3. The van der Waals surface area contributed by atoms with Gasteiger partial charge in [-0.15, -0.1) is 0 Å². The second kappa shape index (κ2) is 14.1. The molecule has 0 aliphatic heterocycles. The number of primary amides is 1. The van der Waals surface area contributed by atoms with Crippen molar-refractivity contribution in [2.24, 2.45) is 5.73 Å². The van der Waals surface area contributed by atoms with Crippen molar-refractivity contribution in [2.75, 3.05) is 19.7 Å². The van der Waals surface area contributed by atoms with Gasteiger partial charge in [-0.3, -0.25) is 19.2 Å². The quantitative estimate of drug-likeness (QED) is 0.364. The molecule has 4 amide bonds. The minimum atomic E-state index is -1.35. The van der Waals surface area contributed by atoms with Crippen LogP contribution in [0, 0.1) is 6.92 Å². The summed E-state index contributed by atoms with van der Waals surface area (Å²) in [4.78, 5) is 63.9. The number of carbonyl (C=O) groups is 5. The smallest absolute Gasteiger partial charge is 0.408 e. The Bertz CT molecular complexity index is 943. The molecular weight excluding hydrogens is 468 g/mol. The van der Waals surface area contributed by atoms with E-state index in [9.17, 15) is 24.0 Å². The third kappa shape index (κ3) is 10.3. The second-order valence-corrected chi connectivity index (χ2v) is 9.16. The third-order valence-electron chi connectivity index (χ3n) is 4.87. The highest BCUT2D eigenvalue weighted by molar-refractivity contribution is 5.94. The van der Waals surface area contributed by atoms with E-state index < -0.39 is 53.9 Å². The Hall–Kier alpha value is -3.63. The van der Waals surface area contributed by atoms with Gasteiger partial charge >= 0.3 is 12.1 Å². The van der Waals surface area contributed by atoms with Crippen molar-refractivity contribution in [3.63, 3.8) is 0 Å². The van der Waals surface area contributed by atoms with Crippen LogP contribution in [-0.4, -0.2) is 66.0 Å². The molecule has 0 fully saturated rings. The fraction of sp³-hybridized carbons (Fsp3) is 0.560. The molecule has 2 unspecified atom stereocenters. The summed E-state index contributed by atoms with van der Waals surface area (Å²) in [7, 11) is 0. The highest BCUT2D eigenvalue weighted by atomic mass is 16.6. The van der Waals surface area contributed by atoms with Gasteiger partial charge in [0.1, 0.15) is 17.7 Å². The fourth-order valence-electron chi connectivity index (χ4n) is 3.45. The Morgan fingerprint density at radius 3 is 2.31 bits per heavy atom. The average Bonchev–Trinajstić information content (AvgIpc) is 2.74. The Morgan fingerprint density at radius 1 is 1.11 bits per heavy atom. The lowest BCUT2D eigenvalue weighted by atomic mass is 10.0. The number of nitrogens with two attached hydrogens (primary N) is 1. The zero-order valence-corrected chi connectivity index (χ0v) is 21.9. The summed E-state index contributed by atoms with van der Waals surface area (Å²) in [5.74, 6) is -2.49. The van der Waals surface area contributed by atoms with E-state index in [4.69, 9.17) is 15.2 Å². The number of benzene rings is 1. The minimum absolute atomic E-state index is 0.00655. The summed E-state index contributed by atoms with van der Waals surface area (Å²) in [5, 5.41) is 5.08. The first-order chi connectivity index (χ1) is 16.8. The Balaban J connectivity index is 3.27. The van der Waals surface area contributed by atoms with E-state index in [0.717, 1.165) is 5.56 Å². The largest absolute Gasteiger partial charge is 0.466 e. The maximum Gasteiger partial charge on any atom is 0.408 e. The van der Waals surface area contributed by atoms with Crippen LogP contribution in [0.25, 0.3) is 0 Å². The summed E-state index contributed by atoms with van der Waals surface area (Å²) in [6, 6.07) is 4.61. The maximum absolute atomic E-state index is 13.6. The molecule has 4 N–H and O–H groups in total. The van der Waals surface area contributed by atoms with Gasteiger partial charge < -0.3 is 30.7 Å². The number of nitrogens with zero attached hydrogens (tertiary/aromatic N) is 1. The highest BCUT2D eigenvalue weighted by Crippen LogP contribution is 2.24. The lowest BCUT2D eigenvalue weighted by Gasteiger charge is -2.33. The number of esters is 1. The second-order valence-electron chi connectivity index (χ2n) is 9.16. The van der Waals surface area contributed by atoms with E-state index in [2.05, 4.69) is 10.6 Å². The van der Waals surface area contributed by atoms with Gasteiger partial charge in [-0.1, -0.05) is 29.8 Å². The molecule has 11 heteroatoms. The predicted octanol–water partition coefficient (Wildman–Crippen LogP) is 1.72. The summed E-state index contributed by atoms with van der Waals surface area (Å²) in [6.07, 6.45) is -1.42. The lowest BCUT2D eigenvalue weighted by Crippen LogP contribution is -2.54. The van der Waals surface area contributed by atoms with Crippen LogP contribution >= 0.6 is 0 Å². The fourth-order valence-corrected chi connectivity index (χ4v) is 3.45. The van der Waals surface area contributed by atoms with Crippen LogP contribution in [0.2, 0.25) is 0 Å². The number of alkyl carbamates (subject to hydrolysis) is 1. The standard InChI is InChI=1S/C25H38N4O7/c1-7-29(23(33)18(15-19(26)30)28-24(34)36-25(4,5)6)21(17-11-9-10-16(3)14-17)22(32)27-13-12-20(31)35-8-2/h9-11,14,18,21H,7-8,12-13,15H2,1-6H3,(H2,26,30)(H,27,32)(H,28,34). The van der Waals surface area contributed by atoms with Gasteiger partial charge in [0.25, 0.3) is 0 Å². The molecule has 0 radical (unpaired) electrons. The molecule has 2 atom stereocenters. The molecular formula is C25H38N4O7. The Morgan fingerprint density at radius 2 is 1.78 bits per heavy atom. The number of carbonyl (C=O) groups excluding carboxylic acids is 5. The molecule has 0 aliphatic rings. The van der Waals surface area contributed by atoms with Crippen molar-refractivity contribution < 1.29 is 33.4 Å². The summed E-state index contributed by atoms with van der Waals surface area (Å²) < 4.78 is 10.1. The lowest BCUT2D eigenvalue weighted by molar-refractivity contribution is -0.144. The molecule has 200 valence electrons. The van der Waals surface area contributed by atoms with Crippen LogP contribution in [0.3, 0.4) is 0 Å². The molecule has 1 rings (SSSR count). The molecule has 1 aromatic carbocycles. The molecule has 0 aromatic heterocycles. The van der Waals surface area contributed by atoms with Gasteiger partial charge in [-0.25, -0.2) is 4.79 Å². The highest BCUT2D eigenvalue weighted by Gasteiger charge is 2.36. The molecule has 11 nitrogen and oxygen atoms in total. The van der Waals surface area contributed by atoms with Crippen molar-refractivity contribution in [3.05, 3.63) is 35.4 Å². The number of likely N-dealkylation sites (N-methyl/N-ethyl adjacent to an activating group) is 1. The normalized spacial score (nSPS) is 12.6. The number of hydrogen-bond acceptors (Lipinski definition) is 7. The number of aryl methyl sites for hydroxylation is 1. The zero-order valence-electron chi connectivity index (χ0n) is 21.9. The molecule has 0 saturated carbocycles. The first kappa shape index (κ1) is 30.4. The monoisotopic (exact) mass is 506 g/mol. The van der Waals surface area contributed by atoms with Gasteiger partial charge in [-0.2, -0.15) is 0 Å². The van der Waals surface area contributed by atoms with Gasteiger partial charge in [-0.05, 0) is 47.1 Å².